The molecule has 134 valence electrons. The summed E-state index contributed by atoms with van der Waals surface area (Å²) in [6, 6.07) is 8.07. The van der Waals surface area contributed by atoms with Crippen molar-refractivity contribution >= 4 is 21.7 Å². The zero-order chi connectivity index (χ0) is 17.8. The largest absolute Gasteiger partial charge is 0.340 e. The molecule has 0 aliphatic carbocycles. The highest BCUT2D eigenvalue weighted by molar-refractivity contribution is 7.93. The van der Waals surface area contributed by atoms with Crippen LogP contribution in [0.3, 0.4) is 0 Å². The Hall–Kier alpha value is -1.89. The summed E-state index contributed by atoms with van der Waals surface area (Å²) in [5.41, 5.74) is 2.39. The van der Waals surface area contributed by atoms with E-state index >= 15 is 0 Å². The summed E-state index contributed by atoms with van der Waals surface area (Å²) in [4.78, 5) is 28.0. The lowest BCUT2D eigenvalue weighted by Crippen LogP contribution is -2.69. The van der Waals surface area contributed by atoms with Crippen molar-refractivity contribution in [2.75, 3.05) is 25.4 Å². The number of rotatable bonds is 1. The van der Waals surface area contributed by atoms with Crippen molar-refractivity contribution in [2.24, 2.45) is 5.92 Å². The standard InChI is InChI=1S/C18H22N2O4S/c1-13(21)20-11-18(12-20)16(7-9-25(18,23)24)17(22)19-8-6-14-4-2-3-5-15(14)10-19/h2-5,16H,6-12H2,1H3. The molecule has 0 radical (unpaired) electrons. The van der Waals surface area contributed by atoms with Crippen molar-refractivity contribution in [3.8, 4) is 0 Å². The molecule has 0 saturated carbocycles. The molecule has 3 aliphatic rings. The summed E-state index contributed by atoms with van der Waals surface area (Å²) >= 11 is 0. The molecule has 2 amide bonds. The van der Waals surface area contributed by atoms with Crippen LogP contribution in [0.5, 0.6) is 0 Å². The van der Waals surface area contributed by atoms with Gasteiger partial charge in [0, 0.05) is 33.1 Å². The summed E-state index contributed by atoms with van der Waals surface area (Å²) < 4.78 is 24.2. The number of fused-ring (bicyclic) bond motifs is 1. The van der Waals surface area contributed by atoms with Crippen LogP contribution in [0.4, 0.5) is 0 Å². The number of sulfone groups is 1. The Morgan fingerprint density at radius 2 is 1.80 bits per heavy atom. The molecule has 1 unspecified atom stereocenters. The van der Waals surface area contributed by atoms with E-state index in [4.69, 9.17) is 0 Å². The van der Waals surface area contributed by atoms with Gasteiger partial charge in [0.25, 0.3) is 0 Å². The van der Waals surface area contributed by atoms with Gasteiger partial charge in [0.15, 0.2) is 9.84 Å². The van der Waals surface area contributed by atoms with Crippen LogP contribution in [0.15, 0.2) is 24.3 Å². The summed E-state index contributed by atoms with van der Waals surface area (Å²) in [5.74, 6) is -0.692. The molecule has 3 aliphatic heterocycles. The Kier molecular flexibility index (Phi) is 3.68. The summed E-state index contributed by atoms with van der Waals surface area (Å²) in [7, 11) is -3.35. The number of nitrogens with zero attached hydrogens (tertiary/aromatic N) is 2. The molecule has 1 aromatic carbocycles. The smallest absolute Gasteiger partial charge is 0.227 e. The number of carbonyl (C=O) groups excluding carboxylic acids is 2. The van der Waals surface area contributed by atoms with Crippen LogP contribution in [-0.4, -0.2) is 60.2 Å². The zero-order valence-corrected chi connectivity index (χ0v) is 15.1. The Morgan fingerprint density at radius 3 is 2.48 bits per heavy atom. The Bertz CT molecular complexity index is 842. The SMILES string of the molecule is CC(=O)N1CC2(C1)C(C(=O)N1CCc3ccccc3C1)CCS2(=O)=O. The molecule has 4 rings (SSSR count). The molecule has 0 N–H and O–H groups in total. The Morgan fingerprint density at radius 1 is 1.12 bits per heavy atom. The van der Waals surface area contributed by atoms with E-state index in [-0.39, 0.29) is 30.7 Å². The highest BCUT2D eigenvalue weighted by Crippen LogP contribution is 2.45. The van der Waals surface area contributed by atoms with Crippen molar-refractivity contribution < 1.29 is 18.0 Å². The van der Waals surface area contributed by atoms with Gasteiger partial charge in [-0.05, 0) is 24.0 Å². The fraction of sp³-hybridized carbons (Fsp3) is 0.556. The lowest BCUT2D eigenvalue weighted by molar-refractivity contribution is -0.144. The van der Waals surface area contributed by atoms with E-state index in [1.807, 2.05) is 18.2 Å². The molecule has 0 bridgehead atoms. The number of hydrogen-bond acceptors (Lipinski definition) is 4. The molecule has 1 atom stereocenters. The number of amides is 2. The predicted molar refractivity (Wildman–Crippen MR) is 92.4 cm³/mol. The third-order valence-corrected chi connectivity index (χ3v) is 8.59. The van der Waals surface area contributed by atoms with Gasteiger partial charge in [-0.3, -0.25) is 9.59 Å². The Balaban J connectivity index is 1.57. The highest BCUT2D eigenvalue weighted by Gasteiger charge is 2.64. The van der Waals surface area contributed by atoms with Crippen molar-refractivity contribution in [2.45, 2.75) is 31.1 Å². The first-order valence-corrected chi connectivity index (χ1v) is 10.3. The maximum Gasteiger partial charge on any atom is 0.227 e. The first-order chi connectivity index (χ1) is 11.8. The van der Waals surface area contributed by atoms with E-state index in [9.17, 15) is 18.0 Å². The second kappa shape index (κ2) is 5.56. The molecule has 6 nitrogen and oxygen atoms in total. The molecule has 2 fully saturated rings. The quantitative estimate of drug-likeness (QED) is 0.734. The average Bonchev–Trinajstić information content (AvgIpc) is 2.83. The van der Waals surface area contributed by atoms with Gasteiger partial charge in [0.2, 0.25) is 11.8 Å². The second-order valence-corrected chi connectivity index (χ2v) is 9.83. The van der Waals surface area contributed by atoms with Crippen LogP contribution in [0.2, 0.25) is 0 Å². The minimum atomic E-state index is -3.35. The van der Waals surface area contributed by atoms with E-state index in [2.05, 4.69) is 6.07 Å². The monoisotopic (exact) mass is 362 g/mol. The fourth-order valence-electron chi connectivity index (χ4n) is 4.45. The third kappa shape index (κ3) is 2.39. The first kappa shape index (κ1) is 16.6. The van der Waals surface area contributed by atoms with Crippen molar-refractivity contribution in [1.29, 1.82) is 0 Å². The lowest BCUT2D eigenvalue weighted by atomic mass is 9.81. The van der Waals surface area contributed by atoms with Crippen molar-refractivity contribution in [3.63, 3.8) is 0 Å². The van der Waals surface area contributed by atoms with Gasteiger partial charge in [-0.25, -0.2) is 8.42 Å². The van der Waals surface area contributed by atoms with Crippen LogP contribution in [0.1, 0.15) is 24.5 Å². The highest BCUT2D eigenvalue weighted by atomic mass is 32.2. The minimum Gasteiger partial charge on any atom is -0.340 e. The topological polar surface area (TPSA) is 74.8 Å². The van der Waals surface area contributed by atoms with Crippen LogP contribution in [0, 0.1) is 5.92 Å². The van der Waals surface area contributed by atoms with E-state index in [0.29, 0.717) is 19.5 Å². The molecule has 1 spiro atoms. The summed E-state index contributed by atoms with van der Waals surface area (Å²) in [6.45, 7) is 2.92. The van der Waals surface area contributed by atoms with Crippen molar-refractivity contribution in [1.82, 2.24) is 9.80 Å². The molecular formula is C18H22N2O4S. The molecule has 25 heavy (non-hydrogen) atoms. The van der Waals surface area contributed by atoms with E-state index < -0.39 is 20.5 Å². The second-order valence-electron chi connectivity index (χ2n) is 7.38. The van der Waals surface area contributed by atoms with E-state index in [0.717, 1.165) is 12.0 Å². The van der Waals surface area contributed by atoms with Crippen LogP contribution in [0.25, 0.3) is 0 Å². The average molecular weight is 362 g/mol. The van der Waals surface area contributed by atoms with Gasteiger partial charge in [0.1, 0.15) is 4.75 Å². The molecule has 3 heterocycles. The van der Waals surface area contributed by atoms with E-state index in [1.54, 1.807) is 4.90 Å². The van der Waals surface area contributed by atoms with Gasteiger partial charge in [-0.1, -0.05) is 24.3 Å². The molecular weight excluding hydrogens is 340 g/mol. The summed E-state index contributed by atoms with van der Waals surface area (Å²) in [6.07, 6.45) is 1.17. The molecule has 0 aromatic heterocycles. The van der Waals surface area contributed by atoms with Gasteiger partial charge >= 0.3 is 0 Å². The fourth-order valence-corrected chi connectivity index (χ4v) is 6.76. The minimum absolute atomic E-state index is 0.0412. The normalized spacial score (nSPS) is 26.2. The number of likely N-dealkylation sites (tertiary alicyclic amines) is 1. The maximum atomic E-state index is 13.1. The van der Waals surface area contributed by atoms with Crippen molar-refractivity contribution in [3.05, 3.63) is 35.4 Å². The van der Waals surface area contributed by atoms with Crippen LogP contribution < -0.4 is 0 Å². The number of benzene rings is 1. The Labute approximate surface area is 147 Å². The van der Waals surface area contributed by atoms with Gasteiger partial charge in [0.05, 0.1) is 11.7 Å². The molecule has 2 saturated heterocycles. The molecule has 1 aromatic rings. The first-order valence-electron chi connectivity index (χ1n) is 8.67. The maximum absolute atomic E-state index is 13.1. The summed E-state index contributed by atoms with van der Waals surface area (Å²) in [5, 5.41) is 0. The van der Waals surface area contributed by atoms with E-state index in [1.165, 1.54) is 17.4 Å². The van der Waals surface area contributed by atoms with Crippen LogP contribution >= 0.6 is 0 Å². The zero-order valence-electron chi connectivity index (χ0n) is 14.3. The van der Waals surface area contributed by atoms with Gasteiger partial charge in [-0.15, -0.1) is 0 Å². The predicted octanol–water partition coefficient (Wildman–Crippen LogP) is 0.607. The lowest BCUT2D eigenvalue weighted by Gasteiger charge is -2.49. The third-order valence-electron chi connectivity index (χ3n) is 6.03. The van der Waals surface area contributed by atoms with Gasteiger partial charge < -0.3 is 9.80 Å². The van der Waals surface area contributed by atoms with Gasteiger partial charge in [-0.2, -0.15) is 0 Å². The molecule has 7 heteroatoms. The number of carbonyl (C=O) groups is 2. The number of hydrogen-bond donors (Lipinski definition) is 0. The van der Waals surface area contributed by atoms with Crippen LogP contribution in [-0.2, 0) is 32.4 Å².